The third kappa shape index (κ3) is 4.28. The molecule has 4 heteroatoms. The predicted molar refractivity (Wildman–Crippen MR) is 82.4 cm³/mol. The molecule has 3 nitrogen and oxygen atoms in total. The third-order valence-corrected chi connectivity index (χ3v) is 4.71. The molecule has 2 unspecified atom stereocenters. The van der Waals surface area contributed by atoms with Crippen LogP contribution < -0.4 is 0 Å². The Labute approximate surface area is 124 Å². The topological polar surface area (TPSA) is 26.7 Å². The van der Waals surface area contributed by atoms with Crippen LogP contribution in [-0.4, -0.2) is 60.8 Å². The summed E-state index contributed by atoms with van der Waals surface area (Å²) in [7, 11) is 4.31. The van der Waals surface area contributed by atoms with Gasteiger partial charge >= 0.3 is 0 Å². The molecule has 2 rings (SSSR count). The van der Waals surface area contributed by atoms with Crippen molar-refractivity contribution in [2.45, 2.75) is 25.0 Å². The Hall–Kier alpha value is -0.420. The number of benzene rings is 1. The van der Waals surface area contributed by atoms with Crippen molar-refractivity contribution in [1.29, 1.82) is 0 Å². The molecule has 1 aliphatic heterocycles. The standard InChI is InChI=1S/C15H23BrN2O/c1-17-7-8-18(2)13(11-17)10-14(19)9-12-5-3-4-6-15(12)16/h3-6,13-14,19H,7-11H2,1-2H3. The molecule has 0 radical (unpaired) electrons. The van der Waals surface area contributed by atoms with Gasteiger partial charge < -0.3 is 14.9 Å². The van der Waals surface area contributed by atoms with Gasteiger partial charge in [0.15, 0.2) is 0 Å². The van der Waals surface area contributed by atoms with Gasteiger partial charge in [0.1, 0.15) is 0 Å². The molecule has 19 heavy (non-hydrogen) atoms. The Balaban J connectivity index is 1.90. The second kappa shape index (κ2) is 6.84. The molecule has 2 atom stereocenters. The zero-order valence-corrected chi connectivity index (χ0v) is 13.3. The van der Waals surface area contributed by atoms with Gasteiger partial charge in [0.05, 0.1) is 6.10 Å². The van der Waals surface area contributed by atoms with Crippen molar-refractivity contribution < 1.29 is 5.11 Å². The number of rotatable bonds is 4. The van der Waals surface area contributed by atoms with Gasteiger partial charge in [-0.2, -0.15) is 0 Å². The molecule has 1 fully saturated rings. The molecule has 0 saturated carbocycles. The molecule has 0 amide bonds. The van der Waals surface area contributed by atoms with Crippen LogP contribution in [0.15, 0.2) is 28.7 Å². The highest BCUT2D eigenvalue weighted by Gasteiger charge is 2.24. The van der Waals surface area contributed by atoms with E-state index in [2.05, 4.69) is 45.9 Å². The first-order valence-corrected chi connectivity index (χ1v) is 7.66. The molecule has 0 aromatic heterocycles. The summed E-state index contributed by atoms with van der Waals surface area (Å²) in [6, 6.07) is 8.58. The zero-order chi connectivity index (χ0) is 13.8. The number of likely N-dealkylation sites (N-methyl/N-ethyl adjacent to an activating group) is 2. The molecular formula is C15H23BrN2O. The molecule has 1 aliphatic rings. The van der Waals surface area contributed by atoms with E-state index in [-0.39, 0.29) is 6.10 Å². The lowest BCUT2D eigenvalue weighted by Gasteiger charge is -2.38. The molecule has 0 bridgehead atoms. The van der Waals surface area contributed by atoms with E-state index < -0.39 is 0 Å². The first-order valence-electron chi connectivity index (χ1n) is 6.86. The van der Waals surface area contributed by atoms with Gasteiger partial charge in [-0.05, 0) is 38.6 Å². The van der Waals surface area contributed by atoms with Crippen molar-refractivity contribution in [2.75, 3.05) is 33.7 Å². The van der Waals surface area contributed by atoms with Gasteiger partial charge in [-0.25, -0.2) is 0 Å². The normalized spacial score (nSPS) is 23.5. The maximum Gasteiger partial charge on any atom is 0.0596 e. The first kappa shape index (κ1) is 15.0. The minimum Gasteiger partial charge on any atom is -0.393 e. The van der Waals surface area contributed by atoms with Crippen molar-refractivity contribution >= 4 is 15.9 Å². The van der Waals surface area contributed by atoms with Crippen molar-refractivity contribution in [3.05, 3.63) is 34.3 Å². The maximum absolute atomic E-state index is 10.3. The van der Waals surface area contributed by atoms with Gasteiger partial charge in [0.2, 0.25) is 0 Å². The second-order valence-electron chi connectivity index (χ2n) is 5.58. The van der Waals surface area contributed by atoms with Gasteiger partial charge in [0.25, 0.3) is 0 Å². The Bertz CT molecular complexity index is 413. The second-order valence-corrected chi connectivity index (χ2v) is 6.44. The summed E-state index contributed by atoms with van der Waals surface area (Å²) in [6.07, 6.45) is 1.27. The molecule has 0 aliphatic carbocycles. The summed E-state index contributed by atoms with van der Waals surface area (Å²) < 4.78 is 1.09. The minimum absolute atomic E-state index is 0.280. The van der Waals surface area contributed by atoms with E-state index in [1.54, 1.807) is 0 Å². The zero-order valence-electron chi connectivity index (χ0n) is 11.7. The largest absolute Gasteiger partial charge is 0.393 e. The number of halogens is 1. The first-order chi connectivity index (χ1) is 9.06. The smallest absolute Gasteiger partial charge is 0.0596 e. The Morgan fingerprint density at radius 2 is 2.05 bits per heavy atom. The number of hydrogen-bond acceptors (Lipinski definition) is 3. The van der Waals surface area contributed by atoms with Crippen LogP contribution in [0.2, 0.25) is 0 Å². The number of nitrogens with zero attached hydrogens (tertiary/aromatic N) is 2. The fourth-order valence-electron chi connectivity index (χ4n) is 2.67. The Kier molecular flexibility index (Phi) is 5.39. The average Bonchev–Trinajstić information content (AvgIpc) is 2.37. The number of piperazine rings is 1. The number of aliphatic hydroxyl groups is 1. The van der Waals surface area contributed by atoms with E-state index >= 15 is 0 Å². The summed E-state index contributed by atoms with van der Waals surface area (Å²) in [4.78, 5) is 4.71. The van der Waals surface area contributed by atoms with Gasteiger partial charge in [-0.1, -0.05) is 34.1 Å². The number of hydrogen-bond donors (Lipinski definition) is 1. The Morgan fingerprint density at radius 1 is 1.32 bits per heavy atom. The molecule has 0 spiro atoms. The molecule has 1 saturated heterocycles. The van der Waals surface area contributed by atoms with Crippen LogP contribution in [0.1, 0.15) is 12.0 Å². The summed E-state index contributed by atoms with van der Waals surface area (Å²) >= 11 is 3.54. The highest BCUT2D eigenvalue weighted by Crippen LogP contribution is 2.20. The molecule has 1 heterocycles. The van der Waals surface area contributed by atoms with Crippen molar-refractivity contribution in [2.24, 2.45) is 0 Å². The van der Waals surface area contributed by atoms with Gasteiger partial charge in [-0.15, -0.1) is 0 Å². The van der Waals surface area contributed by atoms with Gasteiger partial charge in [0, 0.05) is 30.1 Å². The highest BCUT2D eigenvalue weighted by atomic mass is 79.9. The van der Waals surface area contributed by atoms with Crippen molar-refractivity contribution in [3.8, 4) is 0 Å². The third-order valence-electron chi connectivity index (χ3n) is 3.94. The predicted octanol–water partition coefficient (Wildman–Crippen LogP) is 1.99. The van der Waals surface area contributed by atoms with E-state index in [4.69, 9.17) is 0 Å². The van der Waals surface area contributed by atoms with Crippen LogP contribution in [0.5, 0.6) is 0 Å². The number of aliphatic hydroxyl groups excluding tert-OH is 1. The Morgan fingerprint density at radius 3 is 2.79 bits per heavy atom. The monoisotopic (exact) mass is 326 g/mol. The molecular weight excluding hydrogens is 304 g/mol. The summed E-state index contributed by atoms with van der Waals surface area (Å²) in [5.74, 6) is 0. The van der Waals surface area contributed by atoms with Crippen LogP contribution in [0.4, 0.5) is 0 Å². The summed E-state index contributed by atoms with van der Waals surface area (Å²) in [5, 5.41) is 10.3. The summed E-state index contributed by atoms with van der Waals surface area (Å²) in [6.45, 7) is 3.25. The van der Waals surface area contributed by atoms with E-state index in [0.29, 0.717) is 6.04 Å². The maximum atomic E-state index is 10.3. The minimum atomic E-state index is -0.280. The lowest BCUT2D eigenvalue weighted by atomic mass is 10.00. The molecule has 1 aromatic rings. The highest BCUT2D eigenvalue weighted by molar-refractivity contribution is 9.10. The fourth-order valence-corrected chi connectivity index (χ4v) is 3.12. The van der Waals surface area contributed by atoms with Crippen molar-refractivity contribution in [1.82, 2.24) is 9.80 Å². The summed E-state index contributed by atoms with van der Waals surface area (Å²) in [5.41, 5.74) is 1.18. The fraction of sp³-hybridized carbons (Fsp3) is 0.600. The van der Waals surface area contributed by atoms with Crippen LogP contribution in [0.3, 0.4) is 0 Å². The molecule has 106 valence electrons. The van der Waals surface area contributed by atoms with Crippen LogP contribution in [-0.2, 0) is 6.42 Å². The average molecular weight is 327 g/mol. The lowest BCUT2D eigenvalue weighted by molar-refractivity contribution is 0.0638. The van der Waals surface area contributed by atoms with E-state index in [1.807, 2.05) is 18.2 Å². The lowest BCUT2D eigenvalue weighted by Crippen LogP contribution is -2.51. The van der Waals surface area contributed by atoms with Crippen LogP contribution in [0.25, 0.3) is 0 Å². The van der Waals surface area contributed by atoms with Crippen LogP contribution in [0, 0.1) is 0 Å². The quantitative estimate of drug-likeness (QED) is 0.916. The van der Waals surface area contributed by atoms with E-state index in [1.165, 1.54) is 5.56 Å². The SMILES string of the molecule is CN1CCN(C)C(CC(O)Cc2ccccc2Br)C1. The van der Waals surface area contributed by atoms with Crippen LogP contribution >= 0.6 is 15.9 Å². The van der Waals surface area contributed by atoms with E-state index in [9.17, 15) is 5.11 Å². The molecule has 1 N–H and O–H groups in total. The van der Waals surface area contributed by atoms with Gasteiger partial charge in [-0.3, -0.25) is 0 Å². The van der Waals surface area contributed by atoms with Crippen molar-refractivity contribution in [3.63, 3.8) is 0 Å². The van der Waals surface area contributed by atoms with E-state index in [0.717, 1.165) is 36.9 Å². The molecule has 1 aromatic carbocycles.